The number of ether oxygens (including phenoxy) is 1. The van der Waals surface area contributed by atoms with Gasteiger partial charge in [0.25, 0.3) is 0 Å². The summed E-state index contributed by atoms with van der Waals surface area (Å²) in [6.45, 7) is 4.33. The zero-order valence-electron chi connectivity index (χ0n) is 12.9. The van der Waals surface area contributed by atoms with E-state index in [0.717, 1.165) is 31.4 Å². The zero-order chi connectivity index (χ0) is 14.6. The van der Waals surface area contributed by atoms with Crippen LogP contribution in [0.1, 0.15) is 64.1 Å². The molecule has 0 unspecified atom stereocenters. The van der Waals surface area contributed by atoms with E-state index < -0.39 is 0 Å². The van der Waals surface area contributed by atoms with Crippen molar-refractivity contribution in [3.63, 3.8) is 0 Å². The second-order valence-electron chi connectivity index (χ2n) is 5.89. The van der Waals surface area contributed by atoms with Crippen molar-refractivity contribution >= 4 is 5.78 Å². The second kappa shape index (κ2) is 6.53. The molecule has 0 aliphatic heterocycles. The van der Waals surface area contributed by atoms with Gasteiger partial charge in [0, 0.05) is 19.7 Å². The smallest absolute Gasteiger partial charge is 0.141 e. The average Bonchev–Trinajstić information content (AvgIpc) is 2.84. The molecule has 2 rings (SSSR count). The summed E-state index contributed by atoms with van der Waals surface area (Å²) in [6, 6.07) is 2.41. The van der Waals surface area contributed by atoms with Gasteiger partial charge < -0.3 is 4.74 Å². The topological polar surface area (TPSA) is 44.1 Å². The van der Waals surface area contributed by atoms with Crippen LogP contribution in [0.5, 0.6) is 0 Å². The molecule has 0 radical (unpaired) electrons. The Morgan fingerprint density at radius 2 is 2.15 bits per heavy atom. The maximum Gasteiger partial charge on any atom is 0.141 e. The highest BCUT2D eigenvalue weighted by atomic mass is 16.5. The largest absolute Gasteiger partial charge is 0.378 e. The van der Waals surface area contributed by atoms with Crippen molar-refractivity contribution in [2.45, 2.75) is 70.4 Å². The lowest BCUT2D eigenvalue weighted by Crippen LogP contribution is -2.41. The van der Waals surface area contributed by atoms with Crippen molar-refractivity contribution in [3.05, 3.63) is 18.0 Å². The highest BCUT2D eigenvalue weighted by molar-refractivity contribution is 5.81. The normalized spacial score (nSPS) is 17.2. The van der Waals surface area contributed by atoms with Gasteiger partial charge in [-0.25, -0.2) is 0 Å². The maximum atomic E-state index is 12.2. The van der Waals surface area contributed by atoms with E-state index in [2.05, 4.69) is 18.9 Å². The van der Waals surface area contributed by atoms with Crippen LogP contribution in [0.15, 0.2) is 12.3 Å². The van der Waals surface area contributed by atoms with Gasteiger partial charge in [-0.15, -0.1) is 0 Å². The number of rotatable bonds is 8. The SMILES string of the molecule is CCC(CC)n1ccc(CC(=O)CC2(OC)CCC2)n1. The van der Waals surface area contributed by atoms with E-state index in [0.29, 0.717) is 18.9 Å². The molecule has 0 saturated heterocycles. The summed E-state index contributed by atoms with van der Waals surface area (Å²) in [6.07, 6.45) is 8.28. The molecule has 1 aliphatic rings. The van der Waals surface area contributed by atoms with Crippen LogP contribution in [0.25, 0.3) is 0 Å². The first-order chi connectivity index (χ1) is 9.62. The fraction of sp³-hybridized carbons (Fsp3) is 0.750. The van der Waals surface area contributed by atoms with Gasteiger partial charge in [-0.3, -0.25) is 9.48 Å². The lowest BCUT2D eigenvalue weighted by Gasteiger charge is -2.40. The number of hydrogen-bond donors (Lipinski definition) is 0. The highest BCUT2D eigenvalue weighted by Gasteiger charge is 2.38. The first-order valence-electron chi connectivity index (χ1n) is 7.73. The molecule has 4 nitrogen and oxygen atoms in total. The fourth-order valence-corrected chi connectivity index (χ4v) is 2.99. The van der Waals surface area contributed by atoms with Gasteiger partial charge in [-0.2, -0.15) is 5.10 Å². The molecule has 0 bridgehead atoms. The van der Waals surface area contributed by atoms with Crippen molar-refractivity contribution in [2.24, 2.45) is 0 Å². The molecule has 20 heavy (non-hydrogen) atoms. The molecule has 0 amide bonds. The van der Waals surface area contributed by atoms with Gasteiger partial charge in [0.1, 0.15) is 5.78 Å². The zero-order valence-corrected chi connectivity index (χ0v) is 12.9. The molecule has 1 saturated carbocycles. The number of Topliss-reactive ketones (excluding diaryl/α,β-unsaturated/α-hetero) is 1. The summed E-state index contributed by atoms with van der Waals surface area (Å²) >= 11 is 0. The molecule has 1 aromatic heterocycles. The van der Waals surface area contributed by atoms with E-state index in [9.17, 15) is 4.79 Å². The second-order valence-corrected chi connectivity index (χ2v) is 5.89. The number of methoxy groups -OCH3 is 1. The Morgan fingerprint density at radius 3 is 2.65 bits per heavy atom. The summed E-state index contributed by atoms with van der Waals surface area (Å²) in [5, 5.41) is 4.55. The maximum absolute atomic E-state index is 12.2. The van der Waals surface area contributed by atoms with Gasteiger partial charge in [-0.1, -0.05) is 13.8 Å². The van der Waals surface area contributed by atoms with Crippen molar-refractivity contribution in [1.82, 2.24) is 9.78 Å². The Hall–Kier alpha value is -1.16. The standard InChI is InChI=1S/C16H26N2O2/c1-4-14(5-2)18-10-7-13(17-18)11-15(19)12-16(20-3)8-6-9-16/h7,10,14H,4-6,8-9,11-12H2,1-3H3. The van der Waals surface area contributed by atoms with Crippen LogP contribution < -0.4 is 0 Å². The Labute approximate surface area is 121 Å². The predicted octanol–water partition coefficient (Wildman–Crippen LogP) is 3.32. The molecule has 1 fully saturated rings. The van der Waals surface area contributed by atoms with E-state index in [1.807, 2.05) is 16.9 Å². The molecule has 4 heteroatoms. The average molecular weight is 278 g/mol. The Balaban J connectivity index is 1.91. The Bertz CT molecular complexity index is 440. The number of carbonyl (C=O) groups excluding carboxylic acids is 1. The first kappa shape index (κ1) is 15.2. The van der Waals surface area contributed by atoms with Gasteiger partial charge >= 0.3 is 0 Å². The molecule has 1 heterocycles. The summed E-state index contributed by atoms with van der Waals surface area (Å²) in [5.74, 6) is 0.237. The number of hydrogen-bond acceptors (Lipinski definition) is 3. The molecule has 0 atom stereocenters. The Morgan fingerprint density at radius 1 is 1.45 bits per heavy atom. The van der Waals surface area contributed by atoms with Gasteiger partial charge in [0.2, 0.25) is 0 Å². The Kier molecular flexibility index (Phi) is 4.97. The number of nitrogens with zero attached hydrogens (tertiary/aromatic N) is 2. The van der Waals surface area contributed by atoms with Crippen molar-refractivity contribution in [1.29, 1.82) is 0 Å². The van der Waals surface area contributed by atoms with Crippen LogP contribution in [-0.2, 0) is 16.0 Å². The van der Waals surface area contributed by atoms with Crippen molar-refractivity contribution in [2.75, 3.05) is 7.11 Å². The van der Waals surface area contributed by atoms with Crippen LogP contribution in [0.2, 0.25) is 0 Å². The van der Waals surface area contributed by atoms with Crippen LogP contribution in [0.3, 0.4) is 0 Å². The minimum Gasteiger partial charge on any atom is -0.378 e. The van der Waals surface area contributed by atoms with E-state index >= 15 is 0 Å². The molecule has 1 aliphatic carbocycles. The van der Waals surface area contributed by atoms with Gasteiger partial charge in [-0.05, 0) is 38.2 Å². The summed E-state index contributed by atoms with van der Waals surface area (Å²) in [5.41, 5.74) is 0.710. The molecule has 0 aromatic carbocycles. The van der Waals surface area contributed by atoms with Crippen molar-refractivity contribution < 1.29 is 9.53 Å². The number of ketones is 1. The molecule has 1 aromatic rings. The van der Waals surface area contributed by atoms with E-state index in [-0.39, 0.29) is 11.4 Å². The molecular weight excluding hydrogens is 252 g/mol. The van der Waals surface area contributed by atoms with Crippen molar-refractivity contribution in [3.8, 4) is 0 Å². The summed E-state index contributed by atoms with van der Waals surface area (Å²) in [4.78, 5) is 12.2. The van der Waals surface area contributed by atoms with Gasteiger partial charge in [0.05, 0.1) is 23.8 Å². The van der Waals surface area contributed by atoms with Crippen LogP contribution in [0.4, 0.5) is 0 Å². The monoisotopic (exact) mass is 278 g/mol. The van der Waals surface area contributed by atoms with Gasteiger partial charge in [0.15, 0.2) is 0 Å². The third-order valence-electron chi connectivity index (χ3n) is 4.58. The van der Waals surface area contributed by atoms with E-state index in [1.54, 1.807) is 7.11 Å². The quantitative estimate of drug-likeness (QED) is 0.732. The highest BCUT2D eigenvalue weighted by Crippen LogP contribution is 2.38. The first-order valence-corrected chi connectivity index (χ1v) is 7.73. The fourth-order valence-electron chi connectivity index (χ4n) is 2.99. The molecule has 0 N–H and O–H groups in total. The summed E-state index contributed by atoms with van der Waals surface area (Å²) < 4.78 is 7.51. The van der Waals surface area contributed by atoms with Crippen LogP contribution >= 0.6 is 0 Å². The summed E-state index contributed by atoms with van der Waals surface area (Å²) in [7, 11) is 1.72. The molecule has 112 valence electrons. The van der Waals surface area contributed by atoms with E-state index in [1.165, 1.54) is 6.42 Å². The van der Waals surface area contributed by atoms with Crippen LogP contribution in [-0.4, -0.2) is 28.3 Å². The molecule has 0 spiro atoms. The number of carbonyl (C=O) groups is 1. The van der Waals surface area contributed by atoms with Crippen LogP contribution in [0, 0.1) is 0 Å². The molecular formula is C16H26N2O2. The van der Waals surface area contributed by atoms with E-state index in [4.69, 9.17) is 4.74 Å². The number of aromatic nitrogens is 2. The minimum absolute atomic E-state index is 0.172. The predicted molar refractivity (Wildman–Crippen MR) is 78.8 cm³/mol. The lowest BCUT2D eigenvalue weighted by molar-refractivity contribution is -0.131. The lowest BCUT2D eigenvalue weighted by atomic mass is 9.76. The minimum atomic E-state index is -0.172. The third-order valence-corrected chi connectivity index (χ3v) is 4.58. The third kappa shape index (κ3) is 3.29.